The van der Waals surface area contributed by atoms with E-state index in [1.807, 2.05) is 27.7 Å². The zero-order valence-corrected chi connectivity index (χ0v) is 34.5. The van der Waals surface area contributed by atoms with Crippen molar-refractivity contribution in [1.82, 2.24) is 29.4 Å². The van der Waals surface area contributed by atoms with Crippen LogP contribution >= 0.6 is 0 Å². The number of hydrogen-bond donors (Lipinski definition) is 4. The Kier molecular flexibility index (Phi) is 24.0. The van der Waals surface area contributed by atoms with Gasteiger partial charge < -0.3 is 58.6 Å². The van der Waals surface area contributed by atoms with Crippen LogP contribution in [0.15, 0.2) is 0 Å². The molecular weight excluding hydrogens is 700 g/mol. The number of aliphatic hydroxyl groups excluding tert-OH is 4. The number of ether oxygens (including phenoxy) is 6. The summed E-state index contributed by atoms with van der Waals surface area (Å²) >= 11 is 0. The summed E-state index contributed by atoms with van der Waals surface area (Å²) in [5.74, 6) is 0. The molecule has 54 heavy (non-hydrogen) atoms. The number of hydrogen-bond acceptors (Lipinski definition) is 16. The van der Waals surface area contributed by atoms with E-state index in [9.17, 15) is 20.4 Å². The molecule has 0 aromatic heterocycles. The van der Waals surface area contributed by atoms with Crippen LogP contribution in [-0.4, -0.2) is 270 Å². The fourth-order valence-electron chi connectivity index (χ4n) is 6.70. The Balaban J connectivity index is 1.12. The van der Waals surface area contributed by atoms with Crippen LogP contribution in [-0.2, 0) is 28.4 Å². The van der Waals surface area contributed by atoms with Crippen LogP contribution < -0.4 is 0 Å². The van der Waals surface area contributed by atoms with Crippen LogP contribution in [0, 0.1) is 0 Å². The van der Waals surface area contributed by atoms with E-state index in [1.54, 1.807) is 0 Å². The van der Waals surface area contributed by atoms with Gasteiger partial charge in [-0.15, -0.1) is 0 Å². The number of rotatable bonds is 28. The lowest BCUT2D eigenvalue weighted by Crippen LogP contribution is -2.51. The molecule has 3 aliphatic heterocycles. The zero-order valence-electron chi connectivity index (χ0n) is 34.5. The average Bonchev–Trinajstić information content (AvgIpc) is 3.14. The van der Waals surface area contributed by atoms with Crippen LogP contribution in [0.3, 0.4) is 0 Å². The van der Waals surface area contributed by atoms with E-state index in [-0.39, 0.29) is 44.2 Å². The highest BCUT2D eigenvalue weighted by Crippen LogP contribution is 2.08. The summed E-state index contributed by atoms with van der Waals surface area (Å²) in [7, 11) is 4.24. The maximum Gasteiger partial charge on any atom is 0.0900 e. The van der Waals surface area contributed by atoms with Gasteiger partial charge in [0.1, 0.15) is 0 Å². The van der Waals surface area contributed by atoms with E-state index in [2.05, 4.69) is 43.5 Å². The lowest BCUT2D eigenvalue weighted by Gasteiger charge is -2.36. The van der Waals surface area contributed by atoms with Gasteiger partial charge in [-0.3, -0.25) is 19.6 Å². The lowest BCUT2D eigenvalue weighted by atomic mass is 10.2. The molecule has 0 aromatic rings. The van der Waals surface area contributed by atoms with E-state index < -0.39 is 24.4 Å². The lowest BCUT2D eigenvalue weighted by molar-refractivity contribution is -0.0843. The number of piperazine rings is 3. The van der Waals surface area contributed by atoms with Crippen molar-refractivity contribution in [2.45, 2.75) is 76.5 Å². The van der Waals surface area contributed by atoms with Crippen molar-refractivity contribution in [2.75, 3.05) is 172 Å². The van der Waals surface area contributed by atoms with Gasteiger partial charge in [-0.2, -0.15) is 0 Å². The third-order valence-corrected chi connectivity index (χ3v) is 10.2. The first-order valence-corrected chi connectivity index (χ1v) is 20.4. The number of β-amino-alcohol motifs (C(OH)–C–C–N with tert-alkyl or cyclic N) is 4. The molecule has 0 amide bonds. The molecule has 0 aliphatic carbocycles. The molecule has 0 bridgehead atoms. The Morgan fingerprint density at radius 1 is 0.352 bits per heavy atom. The maximum atomic E-state index is 10.6. The summed E-state index contributed by atoms with van der Waals surface area (Å²) in [5, 5.41) is 41.8. The van der Waals surface area contributed by atoms with Gasteiger partial charge in [0.25, 0.3) is 0 Å². The molecule has 0 radical (unpaired) electrons. The molecule has 4 N–H and O–H groups in total. The van der Waals surface area contributed by atoms with E-state index in [4.69, 9.17) is 28.4 Å². The molecule has 3 aliphatic rings. The topological polar surface area (TPSA) is 156 Å². The van der Waals surface area contributed by atoms with Crippen molar-refractivity contribution in [3.63, 3.8) is 0 Å². The van der Waals surface area contributed by atoms with Crippen molar-refractivity contribution in [3.8, 4) is 0 Å². The third-order valence-electron chi connectivity index (χ3n) is 10.2. The second-order valence-corrected chi connectivity index (χ2v) is 16.1. The number of aliphatic hydroxyl groups is 4. The Morgan fingerprint density at radius 2 is 0.593 bits per heavy atom. The highest BCUT2D eigenvalue weighted by atomic mass is 16.6. The fourth-order valence-corrected chi connectivity index (χ4v) is 6.70. The molecule has 16 heteroatoms. The summed E-state index contributed by atoms with van der Waals surface area (Å²) < 4.78 is 34.8. The molecule has 8 atom stereocenters. The second-order valence-electron chi connectivity index (χ2n) is 16.1. The SMILES string of the molecule is CC(COCC(O)CN1CCN(CC(O)COC(C)COC(C)COCC(O)CN2CCN(C)CC2)CC1)OCC(C)OCC(O)CN1CCN(C)CC1. The van der Waals surface area contributed by atoms with Crippen LogP contribution in [0.4, 0.5) is 0 Å². The molecule has 320 valence electrons. The largest absolute Gasteiger partial charge is 0.389 e. The molecule has 0 spiro atoms. The summed E-state index contributed by atoms with van der Waals surface area (Å²) in [4.78, 5) is 13.6. The molecule has 0 saturated carbocycles. The second kappa shape index (κ2) is 27.1. The predicted octanol–water partition coefficient (Wildman–Crippen LogP) is -1.80. The van der Waals surface area contributed by atoms with Crippen LogP contribution in [0.2, 0.25) is 0 Å². The number of nitrogens with zero attached hydrogens (tertiary/aromatic N) is 6. The van der Waals surface area contributed by atoms with Gasteiger partial charge in [-0.1, -0.05) is 0 Å². The highest BCUT2D eigenvalue weighted by Gasteiger charge is 2.23. The Morgan fingerprint density at radius 3 is 0.907 bits per heavy atom. The molecule has 3 fully saturated rings. The normalized spacial score (nSPS) is 23.9. The molecular formula is C38H78N6O10. The minimum atomic E-state index is -0.599. The zero-order chi connectivity index (χ0) is 39.3. The fraction of sp³-hybridized carbons (Fsp3) is 1.00. The van der Waals surface area contributed by atoms with Crippen molar-refractivity contribution in [2.24, 2.45) is 0 Å². The van der Waals surface area contributed by atoms with Gasteiger partial charge >= 0.3 is 0 Å². The van der Waals surface area contributed by atoms with Gasteiger partial charge in [0, 0.05) is 105 Å². The van der Waals surface area contributed by atoms with E-state index in [0.29, 0.717) is 59.2 Å². The van der Waals surface area contributed by atoms with Gasteiger partial charge in [0.05, 0.1) is 102 Å². The Bertz CT molecular complexity index is 927. The molecule has 0 aromatic carbocycles. The molecule has 8 unspecified atom stereocenters. The monoisotopic (exact) mass is 779 g/mol. The summed E-state index contributed by atoms with van der Waals surface area (Å²) in [6.07, 6.45) is -2.79. The van der Waals surface area contributed by atoms with Gasteiger partial charge in [-0.05, 0) is 41.8 Å². The average molecular weight is 779 g/mol. The van der Waals surface area contributed by atoms with Gasteiger partial charge in [0.2, 0.25) is 0 Å². The molecule has 3 heterocycles. The first-order valence-electron chi connectivity index (χ1n) is 20.4. The number of likely N-dealkylation sites (N-methyl/N-ethyl adjacent to an activating group) is 2. The van der Waals surface area contributed by atoms with Crippen LogP contribution in [0.5, 0.6) is 0 Å². The standard InChI is InChI=1S/C38H78N6O10/c1-31(23-49-27-35(45)19-41-11-7-39(5)8-12-41)52-26-34(4)54-30-38(48)22-44-17-15-43(16-18-44)20-36(46)28-50-24-32(2)51-25-33(3)53-29-37(47)21-42-13-9-40(6)10-14-42/h31-38,45-48H,7-30H2,1-6H3. The summed E-state index contributed by atoms with van der Waals surface area (Å²) in [6.45, 7) is 24.0. The van der Waals surface area contributed by atoms with E-state index in [1.165, 1.54) is 0 Å². The van der Waals surface area contributed by atoms with E-state index >= 15 is 0 Å². The first kappa shape index (κ1) is 47.7. The molecule has 3 saturated heterocycles. The smallest absolute Gasteiger partial charge is 0.0900 e. The minimum Gasteiger partial charge on any atom is -0.389 e. The minimum absolute atomic E-state index is 0.125. The van der Waals surface area contributed by atoms with Crippen molar-refractivity contribution in [3.05, 3.63) is 0 Å². The summed E-state index contributed by atoms with van der Waals surface area (Å²) in [5.41, 5.74) is 0. The van der Waals surface area contributed by atoms with Crippen LogP contribution in [0.25, 0.3) is 0 Å². The highest BCUT2D eigenvalue weighted by molar-refractivity contribution is 4.77. The molecule has 16 nitrogen and oxygen atoms in total. The Hall–Kier alpha value is -0.640. The molecule has 3 rings (SSSR count). The maximum absolute atomic E-state index is 10.6. The third kappa shape index (κ3) is 21.8. The van der Waals surface area contributed by atoms with Crippen LogP contribution in [0.1, 0.15) is 27.7 Å². The van der Waals surface area contributed by atoms with Crippen molar-refractivity contribution < 1.29 is 48.8 Å². The summed E-state index contributed by atoms with van der Waals surface area (Å²) in [6, 6.07) is 0. The quantitative estimate of drug-likeness (QED) is 0.0706. The van der Waals surface area contributed by atoms with Gasteiger partial charge in [0.15, 0.2) is 0 Å². The predicted molar refractivity (Wildman–Crippen MR) is 208 cm³/mol. The first-order chi connectivity index (χ1) is 25.8. The van der Waals surface area contributed by atoms with E-state index in [0.717, 1.165) is 78.5 Å². The van der Waals surface area contributed by atoms with Crippen molar-refractivity contribution >= 4 is 0 Å². The van der Waals surface area contributed by atoms with Gasteiger partial charge in [-0.25, -0.2) is 0 Å². The van der Waals surface area contributed by atoms with Crippen molar-refractivity contribution in [1.29, 1.82) is 0 Å². The Labute approximate surface area is 326 Å².